The highest BCUT2D eigenvalue weighted by atomic mass is 32.2. The van der Waals surface area contributed by atoms with E-state index in [4.69, 9.17) is 5.84 Å². The van der Waals surface area contributed by atoms with Crippen molar-refractivity contribution in [3.05, 3.63) is 17.6 Å². The highest BCUT2D eigenvalue weighted by molar-refractivity contribution is 7.99. The Labute approximate surface area is 105 Å². The topological polar surface area (TPSA) is 98.0 Å². The van der Waals surface area contributed by atoms with E-state index in [1.807, 2.05) is 6.92 Å². The van der Waals surface area contributed by atoms with Crippen LogP contribution in [-0.4, -0.2) is 36.1 Å². The van der Waals surface area contributed by atoms with Crippen LogP contribution in [0.25, 0.3) is 0 Å². The molecule has 0 aliphatic rings. The van der Waals surface area contributed by atoms with E-state index in [2.05, 4.69) is 15.4 Å². The highest BCUT2D eigenvalue weighted by Crippen LogP contribution is 2.12. The summed E-state index contributed by atoms with van der Waals surface area (Å²) in [5.74, 6) is 7.78. The summed E-state index contributed by atoms with van der Waals surface area (Å²) in [6.45, 7) is 1.85. The van der Waals surface area contributed by atoms with Gasteiger partial charge >= 0.3 is 0 Å². The lowest BCUT2D eigenvalue weighted by Gasteiger charge is -2.04. The SMILES string of the molecule is Cc1cc(NN)nc(CSCCS(C)(=O)=O)n1. The van der Waals surface area contributed by atoms with Crippen LogP contribution in [-0.2, 0) is 15.6 Å². The summed E-state index contributed by atoms with van der Waals surface area (Å²) in [7, 11) is -2.89. The zero-order chi connectivity index (χ0) is 12.9. The second kappa shape index (κ2) is 6.18. The monoisotopic (exact) mass is 276 g/mol. The van der Waals surface area contributed by atoms with Gasteiger partial charge in [0.25, 0.3) is 0 Å². The fourth-order valence-electron chi connectivity index (χ4n) is 1.14. The minimum atomic E-state index is -2.89. The summed E-state index contributed by atoms with van der Waals surface area (Å²) in [6.07, 6.45) is 1.23. The van der Waals surface area contributed by atoms with E-state index < -0.39 is 9.84 Å². The van der Waals surface area contributed by atoms with Crippen molar-refractivity contribution >= 4 is 27.4 Å². The maximum atomic E-state index is 10.9. The number of hydrogen-bond acceptors (Lipinski definition) is 7. The first-order chi connectivity index (χ1) is 7.90. The molecule has 0 amide bonds. The van der Waals surface area contributed by atoms with Gasteiger partial charge in [-0.2, -0.15) is 11.8 Å². The molecule has 1 aromatic rings. The molecule has 0 spiro atoms. The lowest BCUT2D eigenvalue weighted by molar-refractivity contribution is 0.603. The number of nitrogens with two attached hydrogens (primary N) is 1. The Hall–Kier alpha value is -0.860. The van der Waals surface area contributed by atoms with Gasteiger partial charge in [0.2, 0.25) is 0 Å². The molecule has 0 aliphatic carbocycles. The first kappa shape index (κ1) is 14.2. The van der Waals surface area contributed by atoms with E-state index in [1.54, 1.807) is 6.07 Å². The van der Waals surface area contributed by atoms with E-state index >= 15 is 0 Å². The number of nitrogens with zero attached hydrogens (tertiary/aromatic N) is 2. The number of aryl methyl sites for hydroxylation is 1. The molecule has 3 N–H and O–H groups in total. The normalized spacial score (nSPS) is 11.5. The Bertz CT molecular complexity index is 476. The summed E-state index contributed by atoms with van der Waals surface area (Å²) < 4.78 is 21.9. The standard InChI is InChI=1S/C9H16N4O2S2/c1-7-5-8(13-10)12-9(11-7)6-16-3-4-17(2,14)15/h5H,3-4,6,10H2,1-2H3,(H,11,12,13). The van der Waals surface area contributed by atoms with Crippen LogP contribution in [0.4, 0.5) is 5.82 Å². The predicted molar refractivity (Wildman–Crippen MR) is 70.5 cm³/mol. The minimum absolute atomic E-state index is 0.172. The molecule has 1 heterocycles. The summed E-state index contributed by atoms with van der Waals surface area (Å²) in [6, 6.07) is 1.74. The molecule has 0 bridgehead atoms. The molecule has 0 aliphatic heterocycles. The number of thioether (sulfide) groups is 1. The maximum absolute atomic E-state index is 10.9. The number of rotatable bonds is 6. The third-order valence-electron chi connectivity index (χ3n) is 1.88. The number of hydrogen-bond donors (Lipinski definition) is 2. The molecule has 6 nitrogen and oxygen atoms in total. The van der Waals surface area contributed by atoms with Crippen LogP contribution in [0.1, 0.15) is 11.5 Å². The minimum Gasteiger partial charge on any atom is -0.308 e. The molecular formula is C9H16N4O2S2. The molecule has 1 rings (SSSR count). The summed E-state index contributed by atoms with van der Waals surface area (Å²) in [4.78, 5) is 8.41. The Balaban J connectivity index is 2.49. The van der Waals surface area contributed by atoms with Gasteiger partial charge in [0.15, 0.2) is 0 Å². The average Bonchev–Trinajstić information content (AvgIpc) is 2.22. The lowest BCUT2D eigenvalue weighted by Crippen LogP contribution is -2.11. The second-order valence-electron chi connectivity index (χ2n) is 3.64. The smallest absolute Gasteiger partial charge is 0.148 e. The van der Waals surface area contributed by atoms with Crippen molar-refractivity contribution in [2.75, 3.05) is 23.2 Å². The quantitative estimate of drug-likeness (QED) is 0.439. The van der Waals surface area contributed by atoms with E-state index in [9.17, 15) is 8.42 Å². The molecule has 1 aromatic heterocycles. The van der Waals surface area contributed by atoms with Gasteiger partial charge in [-0.15, -0.1) is 0 Å². The van der Waals surface area contributed by atoms with E-state index in [-0.39, 0.29) is 5.75 Å². The predicted octanol–water partition coefficient (Wildman–Crippen LogP) is 0.348. The molecule has 0 fully saturated rings. The molecule has 0 saturated heterocycles. The van der Waals surface area contributed by atoms with E-state index in [1.165, 1.54) is 18.0 Å². The van der Waals surface area contributed by atoms with Crippen molar-refractivity contribution in [3.63, 3.8) is 0 Å². The molecule has 17 heavy (non-hydrogen) atoms. The molecule has 0 atom stereocenters. The molecule has 0 unspecified atom stereocenters. The summed E-state index contributed by atoms with van der Waals surface area (Å²) in [5, 5.41) is 0. The fourth-order valence-corrected chi connectivity index (χ4v) is 3.28. The van der Waals surface area contributed by atoms with Crippen molar-refractivity contribution in [1.82, 2.24) is 9.97 Å². The third kappa shape index (κ3) is 5.85. The maximum Gasteiger partial charge on any atom is 0.148 e. The number of hydrazine groups is 1. The molecule has 0 radical (unpaired) electrons. The van der Waals surface area contributed by atoms with E-state index in [0.717, 1.165) is 5.69 Å². The van der Waals surface area contributed by atoms with Crippen molar-refractivity contribution in [2.24, 2.45) is 5.84 Å². The zero-order valence-electron chi connectivity index (χ0n) is 9.80. The van der Waals surface area contributed by atoms with Gasteiger partial charge < -0.3 is 5.43 Å². The Morgan fingerprint density at radius 1 is 1.47 bits per heavy atom. The Morgan fingerprint density at radius 3 is 2.76 bits per heavy atom. The number of aromatic nitrogens is 2. The van der Waals surface area contributed by atoms with Gasteiger partial charge in [-0.25, -0.2) is 24.2 Å². The molecule has 0 aromatic carbocycles. The summed E-state index contributed by atoms with van der Waals surface area (Å²) in [5.41, 5.74) is 3.29. The number of nitrogen functional groups attached to an aromatic ring is 1. The molecule has 8 heteroatoms. The first-order valence-electron chi connectivity index (χ1n) is 4.97. The molecular weight excluding hydrogens is 260 g/mol. The number of sulfone groups is 1. The van der Waals surface area contributed by atoms with Gasteiger partial charge in [0.05, 0.1) is 11.5 Å². The van der Waals surface area contributed by atoms with Crippen molar-refractivity contribution < 1.29 is 8.42 Å². The van der Waals surface area contributed by atoms with Crippen molar-refractivity contribution in [2.45, 2.75) is 12.7 Å². The van der Waals surface area contributed by atoms with Gasteiger partial charge in [0, 0.05) is 23.8 Å². The summed E-state index contributed by atoms with van der Waals surface area (Å²) >= 11 is 1.49. The Kier molecular flexibility index (Phi) is 5.16. The van der Waals surface area contributed by atoms with E-state index in [0.29, 0.717) is 23.1 Å². The number of nitrogens with one attached hydrogen (secondary N) is 1. The van der Waals surface area contributed by atoms with Crippen LogP contribution in [0.3, 0.4) is 0 Å². The zero-order valence-corrected chi connectivity index (χ0v) is 11.4. The van der Waals surface area contributed by atoms with Crippen LogP contribution >= 0.6 is 11.8 Å². The second-order valence-corrected chi connectivity index (χ2v) is 7.00. The van der Waals surface area contributed by atoms with Gasteiger partial charge in [-0.3, -0.25) is 0 Å². The fraction of sp³-hybridized carbons (Fsp3) is 0.556. The van der Waals surface area contributed by atoms with Crippen LogP contribution in [0, 0.1) is 6.92 Å². The molecule has 0 saturated carbocycles. The number of anilines is 1. The molecule has 96 valence electrons. The van der Waals surface area contributed by atoms with Gasteiger partial charge in [-0.1, -0.05) is 0 Å². The van der Waals surface area contributed by atoms with Gasteiger partial charge in [-0.05, 0) is 6.92 Å². The van der Waals surface area contributed by atoms with Gasteiger partial charge in [0.1, 0.15) is 21.5 Å². The van der Waals surface area contributed by atoms with Crippen LogP contribution < -0.4 is 11.3 Å². The van der Waals surface area contributed by atoms with Crippen molar-refractivity contribution in [3.8, 4) is 0 Å². The van der Waals surface area contributed by atoms with Crippen LogP contribution in [0.15, 0.2) is 6.07 Å². The van der Waals surface area contributed by atoms with Crippen LogP contribution in [0.2, 0.25) is 0 Å². The first-order valence-corrected chi connectivity index (χ1v) is 8.19. The highest BCUT2D eigenvalue weighted by Gasteiger charge is 2.04. The third-order valence-corrected chi connectivity index (χ3v) is 4.04. The van der Waals surface area contributed by atoms with Crippen LogP contribution in [0.5, 0.6) is 0 Å². The average molecular weight is 276 g/mol. The lowest BCUT2D eigenvalue weighted by atomic mass is 10.4. The largest absolute Gasteiger partial charge is 0.308 e. The van der Waals surface area contributed by atoms with Crippen molar-refractivity contribution in [1.29, 1.82) is 0 Å². The Morgan fingerprint density at radius 2 is 2.18 bits per heavy atom.